The molecular weight excluding hydrogens is 252 g/mol. The molecule has 0 saturated carbocycles. The van der Waals surface area contributed by atoms with Crippen LogP contribution in [0.4, 0.5) is 5.69 Å². The third-order valence-corrected chi connectivity index (χ3v) is 3.11. The molecule has 0 radical (unpaired) electrons. The molecule has 1 heterocycles. The quantitative estimate of drug-likeness (QED) is 0.902. The van der Waals surface area contributed by atoms with Crippen molar-refractivity contribution in [3.05, 3.63) is 54.6 Å². The van der Waals surface area contributed by atoms with Gasteiger partial charge in [-0.15, -0.1) is 0 Å². The number of carbonyl (C=O) groups is 1. The van der Waals surface area contributed by atoms with E-state index < -0.39 is 0 Å². The minimum atomic E-state index is -0.253. The molecule has 0 aliphatic carbocycles. The smallest absolute Gasteiger partial charge is 0.241 e. The van der Waals surface area contributed by atoms with Gasteiger partial charge in [-0.2, -0.15) is 0 Å². The molecule has 5 heteroatoms. The number of benzene rings is 1. The first kappa shape index (κ1) is 14.1. The maximum atomic E-state index is 12.2. The number of hydrogen-bond acceptors (Lipinski definition) is 4. The number of nitrogens with one attached hydrogen (secondary N) is 1. The van der Waals surface area contributed by atoms with E-state index >= 15 is 0 Å². The summed E-state index contributed by atoms with van der Waals surface area (Å²) in [5.41, 5.74) is 1.65. The molecule has 0 spiro atoms. The molecule has 0 saturated heterocycles. The Hall–Kier alpha value is -2.27. The molecule has 0 bridgehead atoms. The lowest BCUT2D eigenvalue weighted by atomic mass is 10.2. The number of rotatable bonds is 5. The molecule has 1 amide bonds. The van der Waals surface area contributed by atoms with E-state index in [1.54, 1.807) is 18.6 Å². The Balaban J connectivity index is 1.93. The van der Waals surface area contributed by atoms with Crippen molar-refractivity contribution in [3.8, 4) is 0 Å². The lowest BCUT2D eigenvalue weighted by molar-refractivity contribution is -0.120. The largest absolute Gasteiger partial charge is 0.325 e. The monoisotopic (exact) mass is 270 g/mol. The molecule has 2 aromatic rings. The Bertz CT molecular complexity index is 544. The summed E-state index contributed by atoms with van der Waals surface area (Å²) in [7, 11) is 1.89. The molecule has 0 aliphatic rings. The first-order chi connectivity index (χ1) is 9.66. The van der Waals surface area contributed by atoms with Crippen molar-refractivity contribution >= 4 is 11.6 Å². The number of aromatic nitrogens is 2. The van der Waals surface area contributed by atoms with Gasteiger partial charge in [-0.25, -0.2) is 0 Å². The Kier molecular flexibility index (Phi) is 4.79. The molecule has 1 aromatic carbocycles. The Morgan fingerprint density at radius 2 is 2.05 bits per heavy atom. The summed E-state index contributed by atoms with van der Waals surface area (Å²) in [5, 5.41) is 2.89. The Morgan fingerprint density at radius 1 is 1.30 bits per heavy atom. The zero-order valence-electron chi connectivity index (χ0n) is 11.7. The molecule has 1 atom stereocenters. The van der Waals surface area contributed by atoms with Gasteiger partial charge in [-0.05, 0) is 26.1 Å². The van der Waals surface area contributed by atoms with Crippen molar-refractivity contribution in [2.75, 3.05) is 12.4 Å². The summed E-state index contributed by atoms with van der Waals surface area (Å²) in [6.45, 7) is 2.45. The Morgan fingerprint density at radius 3 is 2.70 bits per heavy atom. The highest BCUT2D eigenvalue weighted by atomic mass is 16.2. The van der Waals surface area contributed by atoms with Crippen LogP contribution in [0.3, 0.4) is 0 Å². The van der Waals surface area contributed by atoms with Crippen molar-refractivity contribution in [1.82, 2.24) is 14.9 Å². The van der Waals surface area contributed by atoms with Crippen molar-refractivity contribution in [2.24, 2.45) is 0 Å². The normalized spacial score (nSPS) is 12.2. The molecule has 0 aliphatic heterocycles. The van der Waals surface area contributed by atoms with Gasteiger partial charge in [0.1, 0.15) is 0 Å². The zero-order chi connectivity index (χ0) is 14.4. The second kappa shape index (κ2) is 6.77. The van der Waals surface area contributed by atoms with Gasteiger partial charge < -0.3 is 5.32 Å². The summed E-state index contributed by atoms with van der Waals surface area (Å²) >= 11 is 0. The molecule has 1 aromatic heterocycles. The van der Waals surface area contributed by atoms with Gasteiger partial charge >= 0.3 is 0 Å². The number of para-hydroxylation sites is 1. The fraction of sp³-hybridized carbons (Fsp3) is 0.267. The van der Waals surface area contributed by atoms with Gasteiger partial charge in [-0.3, -0.25) is 19.7 Å². The average Bonchev–Trinajstić information content (AvgIpc) is 2.48. The first-order valence-electron chi connectivity index (χ1n) is 6.48. The number of likely N-dealkylation sites (N-methyl/N-ethyl adjacent to an activating group) is 1. The third kappa shape index (κ3) is 3.86. The van der Waals surface area contributed by atoms with Crippen molar-refractivity contribution in [1.29, 1.82) is 0 Å². The number of nitrogens with zero attached hydrogens (tertiary/aromatic N) is 3. The second-order valence-electron chi connectivity index (χ2n) is 4.64. The molecule has 104 valence electrons. The molecule has 1 N–H and O–H groups in total. The zero-order valence-corrected chi connectivity index (χ0v) is 11.7. The number of anilines is 1. The van der Waals surface area contributed by atoms with E-state index in [1.165, 1.54) is 0 Å². The van der Waals surface area contributed by atoms with Crippen LogP contribution in [0.1, 0.15) is 12.6 Å². The minimum Gasteiger partial charge on any atom is -0.325 e. The molecule has 1 unspecified atom stereocenters. The molecule has 5 nitrogen and oxygen atoms in total. The average molecular weight is 270 g/mol. The van der Waals surface area contributed by atoms with Gasteiger partial charge in [-0.1, -0.05) is 18.2 Å². The number of carbonyl (C=O) groups excluding carboxylic acids is 1. The second-order valence-corrected chi connectivity index (χ2v) is 4.64. The molecule has 0 fully saturated rings. The van der Waals surface area contributed by atoms with E-state index in [9.17, 15) is 4.79 Å². The topological polar surface area (TPSA) is 58.1 Å². The standard InChI is InChI=1S/C15H18N4O/c1-12(15(20)18-13-6-4-3-5-7-13)19(2)11-14-10-16-8-9-17-14/h3-10,12H,11H2,1-2H3,(H,18,20). The highest BCUT2D eigenvalue weighted by molar-refractivity contribution is 5.94. The number of amides is 1. The fourth-order valence-corrected chi connectivity index (χ4v) is 1.77. The van der Waals surface area contributed by atoms with Gasteiger partial charge in [0.25, 0.3) is 0 Å². The summed E-state index contributed by atoms with van der Waals surface area (Å²) in [5.74, 6) is -0.0393. The van der Waals surface area contributed by atoms with Crippen molar-refractivity contribution in [3.63, 3.8) is 0 Å². The predicted molar refractivity (Wildman–Crippen MR) is 78.0 cm³/mol. The van der Waals surface area contributed by atoms with Crippen LogP contribution in [0.25, 0.3) is 0 Å². The number of hydrogen-bond donors (Lipinski definition) is 1. The van der Waals surface area contributed by atoms with Gasteiger partial charge in [0, 0.05) is 30.8 Å². The first-order valence-corrected chi connectivity index (χ1v) is 6.48. The maximum Gasteiger partial charge on any atom is 0.241 e. The van der Waals surface area contributed by atoms with Gasteiger partial charge in [0.05, 0.1) is 11.7 Å². The highest BCUT2D eigenvalue weighted by Gasteiger charge is 2.18. The van der Waals surface area contributed by atoms with Gasteiger partial charge in [0.15, 0.2) is 0 Å². The summed E-state index contributed by atoms with van der Waals surface area (Å²) in [6, 6.07) is 9.18. The van der Waals surface area contributed by atoms with Crippen molar-refractivity contribution < 1.29 is 4.79 Å². The summed E-state index contributed by atoms with van der Waals surface area (Å²) < 4.78 is 0. The highest BCUT2D eigenvalue weighted by Crippen LogP contribution is 2.08. The molecule has 2 rings (SSSR count). The fourth-order valence-electron chi connectivity index (χ4n) is 1.77. The van der Waals surface area contributed by atoms with Gasteiger partial charge in [0.2, 0.25) is 5.91 Å². The van der Waals surface area contributed by atoms with E-state index in [-0.39, 0.29) is 11.9 Å². The van der Waals surface area contributed by atoms with Crippen molar-refractivity contribution in [2.45, 2.75) is 19.5 Å². The van der Waals surface area contributed by atoms with Crippen LogP contribution >= 0.6 is 0 Å². The van der Waals surface area contributed by atoms with Crippen LogP contribution < -0.4 is 5.32 Å². The maximum absolute atomic E-state index is 12.2. The predicted octanol–water partition coefficient (Wildman–Crippen LogP) is 1.94. The van der Waals surface area contributed by atoms with Crippen LogP contribution in [-0.4, -0.2) is 33.9 Å². The van der Waals surface area contributed by atoms with E-state index in [0.29, 0.717) is 6.54 Å². The summed E-state index contributed by atoms with van der Waals surface area (Å²) in [6.07, 6.45) is 4.99. The van der Waals surface area contributed by atoms with Crippen LogP contribution in [0.5, 0.6) is 0 Å². The lowest BCUT2D eigenvalue weighted by Crippen LogP contribution is -2.39. The van der Waals surface area contributed by atoms with Crippen LogP contribution in [0, 0.1) is 0 Å². The van der Waals surface area contributed by atoms with E-state index in [2.05, 4.69) is 15.3 Å². The van der Waals surface area contributed by atoms with E-state index in [4.69, 9.17) is 0 Å². The summed E-state index contributed by atoms with van der Waals surface area (Å²) in [4.78, 5) is 22.3. The minimum absolute atomic E-state index is 0.0393. The third-order valence-electron chi connectivity index (χ3n) is 3.11. The molecular formula is C15H18N4O. The van der Waals surface area contributed by atoms with E-state index in [0.717, 1.165) is 11.4 Å². The van der Waals surface area contributed by atoms with E-state index in [1.807, 2.05) is 49.2 Å². The van der Waals surface area contributed by atoms with Crippen LogP contribution in [0.2, 0.25) is 0 Å². The Labute approximate surface area is 118 Å². The molecule has 20 heavy (non-hydrogen) atoms. The SMILES string of the molecule is CC(C(=O)Nc1ccccc1)N(C)Cc1cnccn1. The lowest BCUT2D eigenvalue weighted by Gasteiger charge is -2.23. The van der Waals surface area contributed by atoms with Crippen LogP contribution in [-0.2, 0) is 11.3 Å². The van der Waals surface area contributed by atoms with Crippen LogP contribution in [0.15, 0.2) is 48.9 Å².